The lowest BCUT2D eigenvalue weighted by Crippen LogP contribution is -2.38. The highest BCUT2D eigenvalue weighted by Crippen LogP contribution is 2.78. The van der Waals surface area contributed by atoms with Crippen molar-refractivity contribution in [2.75, 3.05) is 0 Å². The van der Waals surface area contributed by atoms with Gasteiger partial charge in [0.25, 0.3) is 0 Å². The second-order valence-corrected chi connectivity index (χ2v) is 14.2. The number of unbranched alkanes of at least 4 members (excludes halogenated alkanes) is 4. The first-order valence-electron chi connectivity index (χ1n) is 13.4. The van der Waals surface area contributed by atoms with Crippen LogP contribution >= 0.6 is 7.49 Å². The van der Waals surface area contributed by atoms with Crippen molar-refractivity contribution in [1.29, 1.82) is 0 Å². The van der Waals surface area contributed by atoms with Crippen molar-refractivity contribution in [3.05, 3.63) is 0 Å². The van der Waals surface area contributed by atoms with E-state index in [-0.39, 0.29) is 5.97 Å². The molecule has 3 rings (SSSR count). The molecule has 0 aromatic carbocycles. The smallest absolute Gasteiger partial charge is 0.313 e. The number of rotatable bonds is 10. The third kappa shape index (κ3) is 6.44. The lowest BCUT2D eigenvalue weighted by Gasteiger charge is -2.46. The summed E-state index contributed by atoms with van der Waals surface area (Å²) in [6, 6.07) is 0. The van der Waals surface area contributed by atoms with Crippen molar-refractivity contribution in [2.45, 2.75) is 159 Å². The summed E-state index contributed by atoms with van der Waals surface area (Å²) in [4.78, 5) is 13.2. The van der Waals surface area contributed by atoms with Gasteiger partial charge in [0.15, 0.2) is 0 Å². The Bertz CT molecular complexity index is 414. The fourth-order valence-electron chi connectivity index (χ4n) is 6.67. The monoisotopic (exact) mass is 423 g/mol. The van der Waals surface area contributed by atoms with E-state index < -0.39 is 7.49 Å². The molecule has 0 spiro atoms. The van der Waals surface area contributed by atoms with Gasteiger partial charge in [-0.15, -0.1) is 0 Å². The van der Waals surface area contributed by atoms with Gasteiger partial charge >= 0.3 is 5.97 Å². The van der Waals surface area contributed by atoms with Crippen molar-refractivity contribution in [1.82, 2.24) is 0 Å². The normalized spacial score (nSPS) is 23.2. The maximum Gasteiger partial charge on any atom is 0.349 e. The molecule has 3 aliphatic carbocycles. The van der Waals surface area contributed by atoms with Gasteiger partial charge in [0.05, 0.1) is 6.42 Å². The first kappa shape index (κ1) is 23.6. The first-order valence-corrected chi connectivity index (χ1v) is 15.3. The van der Waals surface area contributed by atoms with Gasteiger partial charge in [0.1, 0.15) is 17.0 Å². The van der Waals surface area contributed by atoms with E-state index in [1.54, 1.807) is 0 Å². The Morgan fingerprint density at radius 2 is 1.07 bits per heavy atom. The third-order valence-corrected chi connectivity index (χ3v) is 13.7. The van der Waals surface area contributed by atoms with Gasteiger partial charge in [-0.05, 0) is 83.5 Å². The zero-order chi connectivity index (χ0) is 20.4. The summed E-state index contributed by atoms with van der Waals surface area (Å²) < 4.78 is 6.94. The first-order chi connectivity index (χ1) is 14.3. The summed E-state index contributed by atoms with van der Waals surface area (Å²) in [6.45, 7) is 2.26. The van der Waals surface area contributed by atoms with E-state index in [4.69, 9.17) is 4.52 Å². The predicted octanol–water partition coefficient (Wildman–Crippen LogP) is 8.82. The van der Waals surface area contributed by atoms with Gasteiger partial charge in [-0.3, -0.25) is 0 Å². The Kier molecular flexibility index (Phi) is 10.3. The molecule has 2 nitrogen and oxygen atoms in total. The molecule has 0 bridgehead atoms. The topological polar surface area (TPSA) is 26.3 Å². The predicted molar refractivity (Wildman–Crippen MR) is 127 cm³/mol. The summed E-state index contributed by atoms with van der Waals surface area (Å²) >= 11 is 0. The molecule has 0 radical (unpaired) electrons. The van der Waals surface area contributed by atoms with Crippen LogP contribution in [0.25, 0.3) is 0 Å². The van der Waals surface area contributed by atoms with E-state index in [9.17, 15) is 4.79 Å². The highest BCUT2D eigenvalue weighted by molar-refractivity contribution is 7.73. The maximum atomic E-state index is 13.2. The minimum atomic E-state index is -1.69. The summed E-state index contributed by atoms with van der Waals surface area (Å²) in [6.07, 6.45) is 27.3. The standard InChI is InChI=1S/C26H48O2P/c1-2-3-4-5-15-22-26(27)28-29(23-16-9-6-10-17-23,24-18-11-7-12-19-24)25-20-13-8-14-21-25/h23-25H,2-22H2,1H3/q+1. The van der Waals surface area contributed by atoms with Crippen LogP contribution in [-0.2, 0) is 9.32 Å². The minimum absolute atomic E-state index is 0.191. The van der Waals surface area contributed by atoms with E-state index >= 15 is 0 Å². The van der Waals surface area contributed by atoms with Gasteiger partial charge in [0.2, 0.25) is 7.49 Å². The second kappa shape index (κ2) is 12.7. The van der Waals surface area contributed by atoms with Crippen LogP contribution in [0.2, 0.25) is 0 Å². The Morgan fingerprint density at radius 1 is 0.655 bits per heavy atom. The molecule has 3 aliphatic rings. The number of carbonyl (C=O) groups is 1. The number of hydrogen-bond donors (Lipinski definition) is 0. The van der Waals surface area contributed by atoms with E-state index in [2.05, 4.69) is 6.92 Å². The average molecular weight is 424 g/mol. The van der Waals surface area contributed by atoms with Crippen LogP contribution in [0.3, 0.4) is 0 Å². The van der Waals surface area contributed by atoms with Gasteiger partial charge in [-0.25, -0.2) is 4.79 Å². The van der Waals surface area contributed by atoms with Crippen molar-refractivity contribution in [3.8, 4) is 0 Å². The number of hydrogen-bond acceptors (Lipinski definition) is 2. The van der Waals surface area contributed by atoms with Crippen molar-refractivity contribution >= 4 is 13.5 Å². The molecular weight excluding hydrogens is 375 g/mol. The van der Waals surface area contributed by atoms with Gasteiger partial charge in [-0.2, -0.15) is 0 Å². The lowest BCUT2D eigenvalue weighted by atomic mass is 9.99. The Hall–Kier alpha value is -0.100. The van der Waals surface area contributed by atoms with Crippen molar-refractivity contribution in [2.24, 2.45) is 0 Å². The summed E-state index contributed by atoms with van der Waals surface area (Å²) in [5.74, 6) is 0.191. The zero-order valence-electron chi connectivity index (χ0n) is 19.3. The SMILES string of the molecule is CCCCCCCC(=O)O[P+](C1CCCCC1)(C1CCCCC1)C1CCCCC1. The van der Waals surface area contributed by atoms with E-state index in [0.29, 0.717) is 6.42 Å². The highest BCUT2D eigenvalue weighted by atomic mass is 31.2. The quantitative estimate of drug-likeness (QED) is 0.259. The van der Waals surface area contributed by atoms with Crippen LogP contribution in [0.1, 0.15) is 142 Å². The molecule has 0 atom stereocenters. The molecule has 0 unspecified atom stereocenters. The molecular formula is C26H48O2P+. The van der Waals surface area contributed by atoms with Crippen LogP contribution in [-0.4, -0.2) is 22.9 Å². The molecule has 0 heterocycles. The largest absolute Gasteiger partial charge is 0.349 e. The fraction of sp³-hybridized carbons (Fsp3) is 0.962. The van der Waals surface area contributed by atoms with Crippen LogP contribution in [0.5, 0.6) is 0 Å². The Balaban J connectivity index is 1.76. The molecule has 3 fully saturated rings. The lowest BCUT2D eigenvalue weighted by molar-refractivity contribution is -0.134. The molecule has 3 saturated carbocycles. The highest BCUT2D eigenvalue weighted by Gasteiger charge is 2.61. The molecule has 0 amide bonds. The van der Waals surface area contributed by atoms with Crippen molar-refractivity contribution < 1.29 is 9.32 Å². The average Bonchev–Trinajstić information content (AvgIpc) is 2.79. The van der Waals surface area contributed by atoms with E-state index in [0.717, 1.165) is 23.4 Å². The van der Waals surface area contributed by atoms with Crippen LogP contribution in [0.15, 0.2) is 0 Å². The Morgan fingerprint density at radius 3 is 1.48 bits per heavy atom. The molecule has 29 heavy (non-hydrogen) atoms. The third-order valence-electron chi connectivity index (χ3n) is 8.18. The number of carbonyl (C=O) groups excluding carboxylic acids is 1. The summed E-state index contributed by atoms with van der Waals surface area (Å²) in [5.41, 5.74) is 2.23. The van der Waals surface area contributed by atoms with Crippen molar-refractivity contribution in [3.63, 3.8) is 0 Å². The molecule has 0 aliphatic heterocycles. The Labute approximate surface area is 181 Å². The molecule has 168 valence electrons. The second-order valence-electron chi connectivity index (χ2n) is 10.3. The summed E-state index contributed by atoms with van der Waals surface area (Å²) in [7, 11) is -1.69. The van der Waals surface area contributed by atoms with Crippen LogP contribution in [0, 0.1) is 0 Å². The van der Waals surface area contributed by atoms with E-state index in [1.807, 2.05) is 0 Å². The molecule has 0 aromatic heterocycles. The summed E-state index contributed by atoms with van der Waals surface area (Å²) in [5, 5.41) is 0. The molecule has 0 N–H and O–H groups in total. The molecule has 0 aromatic rings. The maximum absolute atomic E-state index is 13.2. The van der Waals surface area contributed by atoms with Crippen LogP contribution < -0.4 is 0 Å². The zero-order valence-corrected chi connectivity index (χ0v) is 20.2. The van der Waals surface area contributed by atoms with E-state index in [1.165, 1.54) is 122 Å². The van der Waals surface area contributed by atoms with Gasteiger partial charge in [0, 0.05) is 0 Å². The van der Waals surface area contributed by atoms with Gasteiger partial charge in [-0.1, -0.05) is 51.9 Å². The minimum Gasteiger partial charge on any atom is -0.313 e. The molecule has 3 heteroatoms. The van der Waals surface area contributed by atoms with Crippen LogP contribution in [0.4, 0.5) is 0 Å². The molecule has 0 saturated heterocycles. The van der Waals surface area contributed by atoms with Gasteiger partial charge < -0.3 is 4.52 Å². The fourth-order valence-corrected chi connectivity index (χ4v) is 12.9.